The van der Waals surface area contributed by atoms with Crippen molar-refractivity contribution >= 4 is 56.3 Å². The number of alkyl halides is 3. The van der Waals surface area contributed by atoms with Crippen LogP contribution in [0.2, 0.25) is 0 Å². The minimum absolute atomic E-state index is 0.130. The first-order valence-electron chi connectivity index (χ1n) is 10.1. The Kier molecular flexibility index (Phi) is 6.44. The Morgan fingerprint density at radius 1 is 1.15 bits per heavy atom. The van der Waals surface area contributed by atoms with Crippen molar-refractivity contribution in [1.82, 2.24) is 0 Å². The third-order valence-electron chi connectivity index (χ3n) is 5.35. The number of halogens is 3. The molecule has 0 aliphatic heterocycles. The molecule has 6 nitrogen and oxygen atoms in total. The molecule has 174 valence electrons. The van der Waals surface area contributed by atoms with Gasteiger partial charge >= 0.3 is 17.8 Å². The zero-order valence-corrected chi connectivity index (χ0v) is 19.1. The highest BCUT2D eigenvalue weighted by Gasteiger charge is 2.34. The number of rotatable bonds is 3. The molecule has 0 fully saturated rings. The summed E-state index contributed by atoms with van der Waals surface area (Å²) in [6.07, 6.45) is 0.0807. The number of methoxy groups -OCH3 is 1. The van der Waals surface area contributed by atoms with Gasteiger partial charge in [-0.2, -0.15) is 13.2 Å². The van der Waals surface area contributed by atoms with Crippen molar-refractivity contribution in [3.05, 3.63) is 56.3 Å². The molecule has 0 saturated carbocycles. The number of hydrogen-bond acceptors (Lipinski definition) is 6. The number of anilines is 2. The molecule has 1 aliphatic rings. The molecule has 0 atom stereocenters. The number of ether oxygens (including phenoxy) is 1. The van der Waals surface area contributed by atoms with E-state index in [1.165, 1.54) is 36.6 Å². The van der Waals surface area contributed by atoms with E-state index in [-0.39, 0.29) is 16.1 Å². The standard InChI is InChI=1S/C22H19F3N2O4S2/c1-30-20(29)18-13-5-3-2-4-6-16(13)33-19(18)27-21(32)26-11-7-8-12-14(22(23,24)25)10-17(28)31-15(12)9-11/h7-10H,2-6H2,1H3,(H2,26,27,32). The molecule has 2 aromatic heterocycles. The Morgan fingerprint density at radius 2 is 1.91 bits per heavy atom. The summed E-state index contributed by atoms with van der Waals surface area (Å²) in [5.74, 6) is -0.452. The average Bonchev–Trinajstić information content (AvgIpc) is 2.91. The van der Waals surface area contributed by atoms with E-state index in [2.05, 4.69) is 10.6 Å². The molecule has 0 bridgehead atoms. The lowest BCUT2D eigenvalue weighted by Crippen LogP contribution is -2.20. The average molecular weight is 497 g/mol. The number of benzene rings is 1. The van der Waals surface area contributed by atoms with E-state index < -0.39 is 23.3 Å². The Labute approximate surface area is 195 Å². The molecule has 3 aromatic rings. The second-order valence-electron chi connectivity index (χ2n) is 7.53. The summed E-state index contributed by atoms with van der Waals surface area (Å²) in [6, 6.07) is 4.30. The van der Waals surface area contributed by atoms with Gasteiger partial charge in [0.2, 0.25) is 0 Å². The summed E-state index contributed by atoms with van der Waals surface area (Å²) < 4.78 is 49.6. The number of thiocarbonyl (C=S) groups is 1. The molecule has 33 heavy (non-hydrogen) atoms. The minimum Gasteiger partial charge on any atom is -0.465 e. The van der Waals surface area contributed by atoms with Crippen LogP contribution in [0.1, 0.15) is 45.6 Å². The van der Waals surface area contributed by atoms with Gasteiger partial charge < -0.3 is 19.8 Å². The molecule has 0 amide bonds. The number of carbonyl (C=O) groups excluding carboxylic acids is 1. The first-order chi connectivity index (χ1) is 15.7. The lowest BCUT2D eigenvalue weighted by molar-refractivity contribution is -0.136. The van der Waals surface area contributed by atoms with Crippen molar-refractivity contribution in [1.29, 1.82) is 0 Å². The normalized spacial score (nSPS) is 13.8. The highest BCUT2D eigenvalue weighted by molar-refractivity contribution is 7.80. The summed E-state index contributed by atoms with van der Waals surface area (Å²) in [5, 5.41) is 6.33. The zero-order valence-electron chi connectivity index (χ0n) is 17.4. The minimum atomic E-state index is -4.69. The fourth-order valence-corrected chi connectivity index (χ4v) is 5.46. The second kappa shape index (κ2) is 9.14. The highest BCUT2D eigenvalue weighted by atomic mass is 32.1. The van der Waals surface area contributed by atoms with Crippen LogP contribution in [0.4, 0.5) is 23.9 Å². The van der Waals surface area contributed by atoms with Gasteiger partial charge in [0.25, 0.3) is 0 Å². The molecule has 0 unspecified atom stereocenters. The third kappa shape index (κ3) is 4.88. The first-order valence-corrected chi connectivity index (χ1v) is 11.4. The quantitative estimate of drug-likeness (QED) is 0.207. The predicted molar refractivity (Wildman–Crippen MR) is 124 cm³/mol. The molecule has 11 heteroatoms. The van der Waals surface area contributed by atoms with Gasteiger partial charge in [0, 0.05) is 28.1 Å². The molecule has 2 N–H and O–H groups in total. The van der Waals surface area contributed by atoms with E-state index in [1.54, 1.807) is 0 Å². The van der Waals surface area contributed by atoms with Gasteiger partial charge in [0.1, 0.15) is 10.6 Å². The van der Waals surface area contributed by atoms with Gasteiger partial charge in [-0.1, -0.05) is 6.42 Å². The SMILES string of the molecule is COC(=O)c1c(NC(=S)Nc2ccc3c(C(F)(F)F)cc(=O)oc3c2)sc2c1CCCCC2. The molecule has 1 aliphatic carbocycles. The Hall–Kier alpha value is -2.92. The fraction of sp³-hybridized carbons (Fsp3) is 0.318. The highest BCUT2D eigenvalue weighted by Crippen LogP contribution is 2.38. The van der Waals surface area contributed by atoms with Gasteiger partial charge in [-0.15, -0.1) is 11.3 Å². The van der Waals surface area contributed by atoms with Gasteiger partial charge in [-0.3, -0.25) is 0 Å². The smallest absolute Gasteiger partial charge is 0.417 e. The van der Waals surface area contributed by atoms with Crippen molar-refractivity contribution in [3.63, 3.8) is 0 Å². The van der Waals surface area contributed by atoms with Crippen LogP contribution in [0.15, 0.2) is 33.5 Å². The molecular weight excluding hydrogens is 477 g/mol. The van der Waals surface area contributed by atoms with Crippen LogP contribution in [0.5, 0.6) is 0 Å². The largest absolute Gasteiger partial charge is 0.465 e. The van der Waals surface area contributed by atoms with E-state index in [9.17, 15) is 22.8 Å². The van der Waals surface area contributed by atoms with Crippen molar-refractivity contribution in [2.75, 3.05) is 17.7 Å². The number of fused-ring (bicyclic) bond motifs is 2. The van der Waals surface area contributed by atoms with Gasteiger partial charge in [-0.05, 0) is 55.6 Å². The van der Waals surface area contributed by atoms with Crippen molar-refractivity contribution in [2.45, 2.75) is 38.3 Å². The molecular formula is C22H19F3N2O4S2. The molecule has 0 radical (unpaired) electrons. The van der Waals surface area contributed by atoms with Crippen molar-refractivity contribution in [2.24, 2.45) is 0 Å². The van der Waals surface area contributed by atoms with Crippen LogP contribution in [0, 0.1) is 0 Å². The summed E-state index contributed by atoms with van der Waals surface area (Å²) in [4.78, 5) is 25.2. The van der Waals surface area contributed by atoms with Crippen LogP contribution in [0.25, 0.3) is 11.0 Å². The molecule has 4 rings (SSSR count). The predicted octanol–water partition coefficient (Wildman–Crippen LogP) is 5.74. The van der Waals surface area contributed by atoms with Gasteiger partial charge in [0.05, 0.1) is 18.2 Å². The van der Waals surface area contributed by atoms with E-state index in [4.69, 9.17) is 21.4 Å². The van der Waals surface area contributed by atoms with Crippen LogP contribution in [0.3, 0.4) is 0 Å². The maximum atomic E-state index is 13.2. The third-order valence-corrected chi connectivity index (χ3v) is 6.76. The van der Waals surface area contributed by atoms with E-state index in [1.807, 2.05) is 0 Å². The lowest BCUT2D eigenvalue weighted by atomic mass is 10.1. The van der Waals surface area contributed by atoms with Crippen LogP contribution in [-0.4, -0.2) is 18.2 Å². The number of esters is 1. The molecule has 0 spiro atoms. The van der Waals surface area contributed by atoms with E-state index in [0.29, 0.717) is 22.3 Å². The Bertz CT molecular complexity index is 1300. The first kappa shape index (κ1) is 23.2. The van der Waals surface area contributed by atoms with E-state index >= 15 is 0 Å². The van der Waals surface area contributed by atoms with Gasteiger partial charge in [-0.25, -0.2) is 9.59 Å². The number of aryl methyl sites for hydroxylation is 1. The van der Waals surface area contributed by atoms with Gasteiger partial charge in [0.15, 0.2) is 5.11 Å². The number of hydrogen-bond donors (Lipinski definition) is 2. The fourth-order valence-electron chi connectivity index (χ4n) is 3.89. The summed E-state index contributed by atoms with van der Waals surface area (Å²) >= 11 is 6.80. The maximum absolute atomic E-state index is 13.2. The molecule has 0 saturated heterocycles. The number of carbonyl (C=O) groups is 1. The monoisotopic (exact) mass is 496 g/mol. The summed E-state index contributed by atoms with van der Waals surface area (Å²) in [7, 11) is 1.32. The summed E-state index contributed by atoms with van der Waals surface area (Å²) in [5.41, 5.74) is -0.634. The Morgan fingerprint density at radius 3 is 2.64 bits per heavy atom. The van der Waals surface area contributed by atoms with E-state index in [0.717, 1.165) is 42.5 Å². The van der Waals surface area contributed by atoms with Crippen LogP contribution < -0.4 is 16.3 Å². The topological polar surface area (TPSA) is 80.6 Å². The maximum Gasteiger partial charge on any atom is 0.417 e. The van der Waals surface area contributed by atoms with Crippen molar-refractivity contribution in [3.8, 4) is 0 Å². The zero-order chi connectivity index (χ0) is 23.8. The second-order valence-corrected chi connectivity index (χ2v) is 9.04. The molecule has 1 aromatic carbocycles. The van der Waals surface area contributed by atoms with Crippen LogP contribution in [-0.2, 0) is 23.8 Å². The lowest BCUT2D eigenvalue weighted by Gasteiger charge is -2.13. The molecule has 2 heterocycles. The Balaban J connectivity index is 1.61. The number of thiophene rings is 1. The number of nitrogens with one attached hydrogen (secondary N) is 2. The van der Waals surface area contributed by atoms with Crippen molar-refractivity contribution < 1.29 is 27.1 Å². The summed E-state index contributed by atoms with van der Waals surface area (Å²) in [6.45, 7) is 0. The van der Waals surface area contributed by atoms with Crippen LogP contribution >= 0.6 is 23.6 Å².